The Kier molecular flexibility index (Phi) is 2.41. The Morgan fingerprint density at radius 3 is 2.36 bits per heavy atom. The summed E-state index contributed by atoms with van der Waals surface area (Å²) in [7, 11) is -4.05. The zero-order valence-corrected chi connectivity index (χ0v) is 7.56. The van der Waals surface area contributed by atoms with Crippen LogP contribution < -0.4 is 5.14 Å². The van der Waals surface area contributed by atoms with Crippen molar-refractivity contribution in [2.45, 2.75) is 4.90 Å². The number of rotatable bonds is 2. The molecule has 1 aromatic carbocycles. The molecule has 0 aliphatic carbocycles. The Hall–Kier alpha value is -1.67. The number of hydrogen-bond acceptors (Lipinski definition) is 5. The normalized spacial score (nSPS) is 11.2. The predicted octanol–water partition coefficient (Wildman–Crippen LogP) is -0.0522. The van der Waals surface area contributed by atoms with Crippen LogP contribution in [-0.2, 0) is 10.0 Å². The zero-order valence-electron chi connectivity index (χ0n) is 6.75. The number of nitro groups is 1. The van der Waals surface area contributed by atoms with E-state index < -0.39 is 31.3 Å². The molecule has 0 fully saturated rings. The van der Waals surface area contributed by atoms with E-state index in [0.717, 1.165) is 18.2 Å². The first-order chi connectivity index (χ1) is 6.30. The molecule has 76 valence electrons. The van der Waals surface area contributed by atoms with Gasteiger partial charge in [0.1, 0.15) is 5.75 Å². The Balaban J connectivity index is 3.43. The molecule has 7 nitrogen and oxygen atoms in total. The van der Waals surface area contributed by atoms with Crippen LogP contribution in [0.2, 0.25) is 0 Å². The summed E-state index contributed by atoms with van der Waals surface area (Å²) < 4.78 is 21.6. The lowest BCUT2D eigenvalue weighted by atomic mass is 10.3. The molecule has 8 heteroatoms. The maximum atomic E-state index is 10.8. The molecule has 0 saturated carbocycles. The summed E-state index contributed by atoms with van der Waals surface area (Å²) >= 11 is 0. The molecule has 0 saturated heterocycles. The first-order valence-electron chi connectivity index (χ1n) is 3.32. The van der Waals surface area contributed by atoms with Crippen molar-refractivity contribution in [1.82, 2.24) is 0 Å². The van der Waals surface area contributed by atoms with E-state index in [4.69, 9.17) is 10.2 Å². The lowest BCUT2D eigenvalue weighted by Crippen LogP contribution is -2.12. The van der Waals surface area contributed by atoms with E-state index in [9.17, 15) is 18.5 Å². The second kappa shape index (κ2) is 3.24. The second-order valence-corrected chi connectivity index (χ2v) is 4.05. The highest BCUT2D eigenvalue weighted by molar-refractivity contribution is 7.89. The molecule has 14 heavy (non-hydrogen) atoms. The average Bonchev–Trinajstić information content (AvgIpc) is 2.01. The predicted molar refractivity (Wildman–Crippen MR) is 46.1 cm³/mol. The molecule has 0 unspecified atom stereocenters. The van der Waals surface area contributed by atoms with Crippen molar-refractivity contribution in [3.8, 4) is 5.75 Å². The summed E-state index contributed by atoms with van der Waals surface area (Å²) in [4.78, 5) is 8.97. The van der Waals surface area contributed by atoms with Crippen molar-refractivity contribution in [2.24, 2.45) is 5.14 Å². The van der Waals surface area contributed by atoms with Crippen LogP contribution in [0.1, 0.15) is 0 Å². The number of sulfonamides is 1. The monoisotopic (exact) mass is 218 g/mol. The fraction of sp³-hybridized carbons (Fsp3) is 0. The van der Waals surface area contributed by atoms with E-state index in [1.54, 1.807) is 0 Å². The van der Waals surface area contributed by atoms with Gasteiger partial charge in [0.05, 0.1) is 15.9 Å². The van der Waals surface area contributed by atoms with Gasteiger partial charge in [-0.3, -0.25) is 10.1 Å². The van der Waals surface area contributed by atoms with Crippen molar-refractivity contribution < 1.29 is 18.4 Å². The molecule has 0 aromatic heterocycles. The second-order valence-electron chi connectivity index (χ2n) is 2.49. The zero-order chi connectivity index (χ0) is 10.9. The van der Waals surface area contributed by atoms with Gasteiger partial charge >= 0.3 is 0 Å². The molecule has 0 atom stereocenters. The average molecular weight is 218 g/mol. The summed E-state index contributed by atoms with van der Waals surface area (Å²) in [5, 5.41) is 24.0. The maximum absolute atomic E-state index is 10.8. The molecule has 0 bridgehead atoms. The van der Waals surface area contributed by atoms with Gasteiger partial charge in [-0.25, -0.2) is 13.6 Å². The minimum absolute atomic E-state index is 0.496. The third kappa shape index (κ3) is 2.18. The topological polar surface area (TPSA) is 124 Å². The number of primary sulfonamides is 1. The van der Waals surface area contributed by atoms with Crippen LogP contribution in [0.15, 0.2) is 23.1 Å². The molecular formula is C6H6N2O5S. The Morgan fingerprint density at radius 2 is 1.93 bits per heavy atom. The number of phenols is 1. The van der Waals surface area contributed by atoms with Crippen molar-refractivity contribution in [1.29, 1.82) is 0 Å². The summed E-state index contributed by atoms with van der Waals surface area (Å²) in [5.41, 5.74) is -0.533. The standard InChI is InChI=1S/C6H6N2O5S/c7-14(12,13)6-2-4(8(10)11)1-5(9)3-6/h1-3,9H,(H2,7,12,13). The highest BCUT2D eigenvalue weighted by Gasteiger charge is 2.15. The minimum atomic E-state index is -4.05. The van der Waals surface area contributed by atoms with Gasteiger partial charge in [0.2, 0.25) is 10.0 Å². The fourth-order valence-electron chi connectivity index (χ4n) is 0.838. The third-order valence-corrected chi connectivity index (χ3v) is 2.31. The largest absolute Gasteiger partial charge is 0.508 e. The number of aromatic hydroxyl groups is 1. The van der Waals surface area contributed by atoms with Crippen LogP contribution in [0.3, 0.4) is 0 Å². The summed E-state index contributed by atoms with van der Waals surface area (Å²) in [5.74, 6) is -0.525. The molecule has 0 amide bonds. The van der Waals surface area contributed by atoms with E-state index in [1.807, 2.05) is 0 Å². The quantitative estimate of drug-likeness (QED) is 0.531. The van der Waals surface area contributed by atoms with Gasteiger partial charge < -0.3 is 5.11 Å². The molecule has 0 aliphatic rings. The van der Waals surface area contributed by atoms with Crippen molar-refractivity contribution in [3.05, 3.63) is 28.3 Å². The number of phenolic OH excluding ortho intramolecular Hbond substituents is 1. The highest BCUT2D eigenvalue weighted by atomic mass is 32.2. The molecule has 3 N–H and O–H groups in total. The van der Waals surface area contributed by atoms with Crippen LogP contribution in [0, 0.1) is 10.1 Å². The number of hydrogen-bond donors (Lipinski definition) is 2. The van der Waals surface area contributed by atoms with Crippen LogP contribution in [-0.4, -0.2) is 18.4 Å². The van der Waals surface area contributed by atoms with Gasteiger partial charge in [-0.05, 0) is 0 Å². The first-order valence-corrected chi connectivity index (χ1v) is 4.86. The van der Waals surface area contributed by atoms with Gasteiger partial charge in [-0.2, -0.15) is 0 Å². The van der Waals surface area contributed by atoms with E-state index in [1.165, 1.54) is 0 Å². The number of nitro benzene ring substituents is 1. The maximum Gasteiger partial charge on any atom is 0.274 e. The molecule has 0 radical (unpaired) electrons. The summed E-state index contributed by atoms with van der Waals surface area (Å²) in [6.07, 6.45) is 0. The number of benzene rings is 1. The smallest absolute Gasteiger partial charge is 0.274 e. The molecule has 1 rings (SSSR count). The van der Waals surface area contributed by atoms with Gasteiger partial charge in [0.25, 0.3) is 5.69 Å². The fourth-order valence-corrected chi connectivity index (χ4v) is 1.41. The lowest BCUT2D eigenvalue weighted by Gasteiger charge is -1.99. The minimum Gasteiger partial charge on any atom is -0.508 e. The first kappa shape index (κ1) is 10.4. The van der Waals surface area contributed by atoms with Crippen molar-refractivity contribution in [2.75, 3.05) is 0 Å². The Morgan fingerprint density at radius 1 is 1.36 bits per heavy atom. The van der Waals surface area contributed by atoms with Crippen LogP contribution >= 0.6 is 0 Å². The van der Waals surface area contributed by atoms with E-state index in [2.05, 4.69) is 0 Å². The third-order valence-electron chi connectivity index (χ3n) is 1.42. The van der Waals surface area contributed by atoms with E-state index >= 15 is 0 Å². The van der Waals surface area contributed by atoms with E-state index in [-0.39, 0.29) is 0 Å². The molecular weight excluding hydrogens is 212 g/mol. The molecule has 1 aromatic rings. The Labute approximate surface area is 79.0 Å². The summed E-state index contributed by atoms with van der Waals surface area (Å²) in [6.45, 7) is 0. The van der Waals surface area contributed by atoms with Crippen LogP contribution in [0.5, 0.6) is 5.75 Å². The lowest BCUT2D eigenvalue weighted by molar-refractivity contribution is -0.385. The molecule has 0 aliphatic heterocycles. The van der Waals surface area contributed by atoms with Gasteiger partial charge in [0.15, 0.2) is 0 Å². The van der Waals surface area contributed by atoms with Crippen LogP contribution in [0.4, 0.5) is 5.69 Å². The van der Waals surface area contributed by atoms with Gasteiger partial charge in [-0.1, -0.05) is 0 Å². The highest BCUT2D eigenvalue weighted by Crippen LogP contribution is 2.23. The Bertz CT molecular complexity index is 481. The summed E-state index contributed by atoms with van der Waals surface area (Å²) in [6, 6.07) is 2.44. The van der Waals surface area contributed by atoms with Crippen LogP contribution in [0.25, 0.3) is 0 Å². The number of nitrogens with zero attached hydrogens (tertiary/aromatic N) is 1. The number of nitrogens with two attached hydrogens (primary N) is 1. The van der Waals surface area contributed by atoms with Crippen molar-refractivity contribution >= 4 is 15.7 Å². The van der Waals surface area contributed by atoms with Crippen molar-refractivity contribution in [3.63, 3.8) is 0 Å². The van der Waals surface area contributed by atoms with Gasteiger partial charge in [0, 0.05) is 12.1 Å². The number of non-ortho nitro benzene ring substituents is 1. The van der Waals surface area contributed by atoms with E-state index in [0.29, 0.717) is 0 Å². The molecule has 0 spiro atoms. The molecule has 0 heterocycles. The SMILES string of the molecule is NS(=O)(=O)c1cc(O)cc([N+](=O)[O-])c1. The van der Waals surface area contributed by atoms with Gasteiger partial charge in [-0.15, -0.1) is 0 Å².